The molecule has 1 heterocycles. The van der Waals surface area contributed by atoms with E-state index >= 15 is 0 Å². The van der Waals surface area contributed by atoms with Gasteiger partial charge in [0.2, 0.25) is 0 Å². The summed E-state index contributed by atoms with van der Waals surface area (Å²) in [6, 6.07) is 10.7. The van der Waals surface area contributed by atoms with Crippen LogP contribution in [0.15, 0.2) is 36.5 Å². The van der Waals surface area contributed by atoms with Crippen LogP contribution in [0.5, 0.6) is 0 Å². The highest BCUT2D eigenvalue weighted by Gasteiger charge is 2.09. The van der Waals surface area contributed by atoms with Gasteiger partial charge in [0.25, 0.3) is 5.91 Å². The summed E-state index contributed by atoms with van der Waals surface area (Å²) in [5, 5.41) is 19.8. The maximum absolute atomic E-state index is 13.6. The molecule has 1 aromatic heterocycles. The van der Waals surface area contributed by atoms with E-state index in [-0.39, 0.29) is 23.4 Å². The summed E-state index contributed by atoms with van der Waals surface area (Å²) in [4.78, 5) is 15.7. The molecule has 0 atom stereocenters. The zero-order valence-electron chi connectivity index (χ0n) is 10.8. The van der Waals surface area contributed by atoms with Crippen LogP contribution >= 0.6 is 0 Å². The van der Waals surface area contributed by atoms with E-state index in [0.717, 1.165) is 6.07 Å². The van der Waals surface area contributed by atoms with Crippen molar-refractivity contribution in [1.82, 2.24) is 10.3 Å². The van der Waals surface area contributed by atoms with Crippen molar-refractivity contribution < 1.29 is 9.18 Å². The number of carbonyl (C=O) groups is 1. The fourth-order valence-corrected chi connectivity index (χ4v) is 1.62. The molecule has 0 fully saturated rings. The smallest absolute Gasteiger partial charge is 0.270 e. The minimum Gasteiger partial charge on any atom is -0.347 e. The summed E-state index contributed by atoms with van der Waals surface area (Å²) in [7, 11) is 0. The number of benzene rings is 1. The van der Waals surface area contributed by atoms with Crippen LogP contribution in [0.1, 0.15) is 27.2 Å². The average Bonchev–Trinajstić information content (AvgIpc) is 2.53. The Hall–Kier alpha value is -3.25. The Balaban J connectivity index is 2.04. The zero-order valence-corrected chi connectivity index (χ0v) is 10.8. The van der Waals surface area contributed by atoms with Crippen LogP contribution in [0.3, 0.4) is 0 Å². The molecule has 0 saturated carbocycles. The van der Waals surface area contributed by atoms with E-state index in [4.69, 9.17) is 10.5 Å². The summed E-state index contributed by atoms with van der Waals surface area (Å²) in [5.74, 6) is -1.02. The lowest BCUT2D eigenvalue weighted by Crippen LogP contribution is -2.24. The number of nitriles is 2. The molecule has 0 radical (unpaired) electrons. The summed E-state index contributed by atoms with van der Waals surface area (Å²) in [6.45, 7) is -0.0158. The normalized spacial score (nSPS) is 9.48. The third kappa shape index (κ3) is 3.40. The fourth-order valence-electron chi connectivity index (χ4n) is 1.62. The third-order valence-corrected chi connectivity index (χ3v) is 2.75. The van der Waals surface area contributed by atoms with Gasteiger partial charge >= 0.3 is 0 Å². The third-order valence-electron chi connectivity index (χ3n) is 2.75. The predicted octanol–water partition coefficient (Wildman–Crippen LogP) is 1.89. The van der Waals surface area contributed by atoms with Crippen molar-refractivity contribution in [1.29, 1.82) is 10.5 Å². The molecule has 1 amide bonds. The Morgan fingerprint density at radius 3 is 2.48 bits per heavy atom. The summed E-state index contributed by atoms with van der Waals surface area (Å²) < 4.78 is 13.6. The highest BCUT2D eigenvalue weighted by Crippen LogP contribution is 2.10. The van der Waals surface area contributed by atoms with Crippen LogP contribution in [-0.4, -0.2) is 10.9 Å². The maximum atomic E-state index is 13.6. The second-order valence-electron chi connectivity index (χ2n) is 4.14. The first-order valence-corrected chi connectivity index (χ1v) is 5.97. The highest BCUT2D eigenvalue weighted by molar-refractivity contribution is 5.92. The summed E-state index contributed by atoms with van der Waals surface area (Å²) in [6.07, 6.45) is 1.29. The summed E-state index contributed by atoms with van der Waals surface area (Å²) in [5.41, 5.74) is 0.986. The van der Waals surface area contributed by atoms with Gasteiger partial charge in [-0.2, -0.15) is 10.5 Å². The Kier molecular flexibility index (Phi) is 4.23. The first kappa shape index (κ1) is 14.2. The van der Waals surface area contributed by atoms with Crippen molar-refractivity contribution in [2.45, 2.75) is 6.54 Å². The van der Waals surface area contributed by atoms with Crippen LogP contribution in [-0.2, 0) is 6.54 Å². The monoisotopic (exact) mass is 280 g/mol. The number of halogens is 1. The van der Waals surface area contributed by atoms with E-state index in [1.165, 1.54) is 30.5 Å². The Labute approximate surface area is 120 Å². The lowest BCUT2D eigenvalue weighted by Gasteiger charge is -2.06. The van der Waals surface area contributed by atoms with Gasteiger partial charge in [0.15, 0.2) is 0 Å². The molecule has 21 heavy (non-hydrogen) atoms. The molecule has 0 spiro atoms. The van der Waals surface area contributed by atoms with E-state index in [2.05, 4.69) is 10.3 Å². The van der Waals surface area contributed by atoms with Crippen molar-refractivity contribution >= 4 is 5.91 Å². The molecule has 6 heteroatoms. The van der Waals surface area contributed by atoms with Crippen molar-refractivity contribution in [2.75, 3.05) is 0 Å². The number of pyridine rings is 1. The van der Waals surface area contributed by atoms with Crippen LogP contribution in [0.2, 0.25) is 0 Å². The molecule has 102 valence electrons. The lowest BCUT2D eigenvalue weighted by molar-refractivity contribution is 0.0945. The van der Waals surface area contributed by atoms with Gasteiger partial charge in [-0.05, 0) is 24.3 Å². The molecule has 1 N–H and O–H groups in total. The van der Waals surface area contributed by atoms with E-state index < -0.39 is 11.7 Å². The standard InChI is InChI=1S/C15H9FN4O/c16-13-5-10(6-17)1-3-12(13)9-20-15(21)14-4-2-11(7-18)8-19-14/h1-5,8H,9H2,(H,20,21). The number of aromatic nitrogens is 1. The highest BCUT2D eigenvalue weighted by atomic mass is 19.1. The Morgan fingerprint density at radius 2 is 1.90 bits per heavy atom. The van der Waals surface area contributed by atoms with Gasteiger partial charge in [-0.3, -0.25) is 4.79 Å². The van der Waals surface area contributed by atoms with E-state index in [1.807, 2.05) is 12.1 Å². The number of hydrogen-bond acceptors (Lipinski definition) is 4. The molecule has 0 aliphatic heterocycles. The minimum atomic E-state index is -0.554. The molecule has 1 aromatic carbocycles. The number of nitrogens with one attached hydrogen (secondary N) is 1. The lowest BCUT2D eigenvalue weighted by atomic mass is 10.1. The molecule has 0 aliphatic carbocycles. The largest absolute Gasteiger partial charge is 0.347 e. The molecule has 5 nitrogen and oxygen atoms in total. The topological polar surface area (TPSA) is 89.6 Å². The fraction of sp³-hybridized carbons (Fsp3) is 0.0667. The van der Waals surface area contributed by atoms with Crippen LogP contribution in [0.4, 0.5) is 4.39 Å². The minimum absolute atomic E-state index is 0.0158. The Morgan fingerprint density at radius 1 is 1.19 bits per heavy atom. The van der Waals surface area contributed by atoms with Gasteiger partial charge in [0, 0.05) is 18.3 Å². The number of amides is 1. The quantitative estimate of drug-likeness (QED) is 0.929. The van der Waals surface area contributed by atoms with Gasteiger partial charge in [-0.1, -0.05) is 6.07 Å². The number of nitrogens with zero attached hydrogens (tertiary/aromatic N) is 3. The predicted molar refractivity (Wildman–Crippen MR) is 71.2 cm³/mol. The summed E-state index contributed by atoms with van der Waals surface area (Å²) >= 11 is 0. The molecular formula is C15H9FN4O. The van der Waals surface area contributed by atoms with E-state index in [1.54, 1.807) is 0 Å². The second-order valence-corrected chi connectivity index (χ2v) is 4.14. The number of rotatable bonds is 3. The van der Waals surface area contributed by atoms with Gasteiger partial charge in [0.1, 0.15) is 17.6 Å². The number of carbonyl (C=O) groups excluding carboxylic acids is 1. The SMILES string of the molecule is N#Cc1ccc(C(=O)NCc2ccc(C#N)cc2F)nc1. The van der Waals surface area contributed by atoms with Crippen molar-refractivity contribution in [3.05, 3.63) is 64.7 Å². The van der Waals surface area contributed by atoms with E-state index in [9.17, 15) is 9.18 Å². The van der Waals surface area contributed by atoms with Crippen molar-refractivity contribution in [3.8, 4) is 12.1 Å². The molecule has 0 bridgehead atoms. The Bertz CT molecular complexity index is 757. The van der Waals surface area contributed by atoms with Gasteiger partial charge in [-0.25, -0.2) is 9.37 Å². The molecule has 0 saturated heterocycles. The molecular weight excluding hydrogens is 271 g/mol. The van der Waals surface area contributed by atoms with Crippen molar-refractivity contribution in [2.24, 2.45) is 0 Å². The first-order chi connectivity index (χ1) is 10.1. The van der Waals surface area contributed by atoms with Gasteiger partial charge in [-0.15, -0.1) is 0 Å². The zero-order chi connectivity index (χ0) is 15.2. The molecule has 2 aromatic rings. The second kappa shape index (κ2) is 6.27. The number of hydrogen-bond donors (Lipinski definition) is 1. The van der Waals surface area contributed by atoms with Crippen LogP contribution < -0.4 is 5.32 Å². The molecule has 2 rings (SSSR count). The molecule has 0 aliphatic rings. The van der Waals surface area contributed by atoms with Gasteiger partial charge in [0.05, 0.1) is 17.2 Å². The van der Waals surface area contributed by atoms with Crippen LogP contribution in [0.25, 0.3) is 0 Å². The first-order valence-electron chi connectivity index (χ1n) is 5.97. The van der Waals surface area contributed by atoms with Gasteiger partial charge < -0.3 is 5.32 Å². The molecule has 0 unspecified atom stereocenters. The average molecular weight is 280 g/mol. The van der Waals surface area contributed by atoms with E-state index in [0.29, 0.717) is 5.56 Å². The van der Waals surface area contributed by atoms with Crippen molar-refractivity contribution in [3.63, 3.8) is 0 Å². The van der Waals surface area contributed by atoms with Crippen LogP contribution in [0, 0.1) is 28.5 Å². The maximum Gasteiger partial charge on any atom is 0.270 e.